The number of carbonyl (C=O) groups is 2. The van der Waals surface area contributed by atoms with E-state index in [0.29, 0.717) is 43.1 Å². The molecule has 188 valence electrons. The first-order valence-electron chi connectivity index (χ1n) is 12.1. The molecular formula is C26H27F2N5O3. The van der Waals surface area contributed by atoms with Gasteiger partial charge in [-0.05, 0) is 31.4 Å². The molecule has 1 aromatic carbocycles. The number of fused-ring (bicyclic) bond motifs is 1. The molecule has 2 atom stereocenters. The Labute approximate surface area is 207 Å². The number of nitrogens with one attached hydrogen (secondary N) is 1. The summed E-state index contributed by atoms with van der Waals surface area (Å²) >= 11 is 0. The van der Waals surface area contributed by atoms with Crippen LogP contribution in [-0.2, 0) is 17.9 Å². The molecule has 0 radical (unpaired) electrons. The Morgan fingerprint density at radius 3 is 2.83 bits per heavy atom. The number of ether oxygens (including phenoxy) is 1. The van der Waals surface area contributed by atoms with E-state index in [9.17, 15) is 18.4 Å². The number of aromatic nitrogens is 3. The molecule has 2 aromatic heterocycles. The van der Waals surface area contributed by atoms with Gasteiger partial charge >= 0.3 is 0 Å². The van der Waals surface area contributed by atoms with Gasteiger partial charge in [0.25, 0.3) is 11.8 Å². The number of likely N-dealkylation sites (tertiary alicyclic amines) is 1. The molecule has 0 spiro atoms. The molecule has 2 unspecified atom stereocenters. The van der Waals surface area contributed by atoms with Crippen LogP contribution in [0.3, 0.4) is 0 Å². The highest BCUT2D eigenvalue weighted by Gasteiger charge is 2.35. The van der Waals surface area contributed by atoms with Crippen molar-refractivity contribution in [2.75, 3.05) is 13.2 Å². The van der Waals surface area contributed by atoms with Crippen LogP contribution in [0, 0.1) is 11.6 Å². The SMILES string of the molecule is CCC(NC(=O)c1cc(C(=O)N2CCCC2c2cnccn2)c2n1CCOC2)c1ccc(F)cc1F. The first kappa shape index (κ1) is 24.1. The maximum Gasteiger partial charge on any atom is 0.268 e. The summed E-state index contributed by atoms with van der Waals surface area (Å²) in [5, 5.41) is 2.86. The molecule has 8 nitrogen and oxygen atoms in total. The Kier molecular flexibility index (Phi) is 6.77. The van der Waals surface area contributed by atoms with Crippen LogP contribution >= 0.6 is 0 Å². The summed E-state index contributed by atoms with van der Waals surface area (Å²) in [5.74, 6) is -2.01. The van der Waals surface area contributed by atoms with Gasteiger partial charge in [0, 0.05) is 37.1 Å². The maximum atomic E-state index is 14.4. The van der Waals surface area contributed by atoms with E-state index in [1.807, 2.05) is 6.92 Å². The molecule has 0 saturated carbocycles. The molecular weight excluding hydrogens is 468 g/mol. The smallest absolute Gasteiger partial charge is 0.268 e. The third-order valence-electron chi connectivity index (χ3n) is 6.86. The van der Waals surface area contributed by atoms with Gasteiger partial charge in [0.1, 0.15) is 17.3 Å². The maximum absolute atomic E-state index is 14.4. The summed E-state index contributed by atoms with van der Waals surface area (Å²) in [4.78, 5) is 37.4. The summed E-state index contributed by atoms with van der Waals surface area (Å²) in [5.41, 5.74) is 2.31. The number of rotatable bonds is 6. The quantitative estimate of drug-likeness (QED) is 0.560. The van der Waals surface area contributed by atoms with Crippen LogP contribution in [0.4, 0.5) is 8.78 Å². The molecule has 10 heteroatoms. The van der Waals surface area contributed by atoms with Crippen molar-refractivity contribution in [1.29, 1.82) is 0 Å². The van der Waals surface area contributed by atoms with E-state index in [0.717, 1.165) is 24.6 Å². The number of halogens is 2. The molecule has 4 heterocycles. The molecule has 0 bridgehead atoms. The number of benzene rings is 1. The van der Waals surface area contributed by atoms with Crippen molar-refractivity contribution in [3.63, 3.8) is 0 Å². The molecule has 36 heavy (non-hydrogen) atoms. The van der Waals surface area contributed by atoms with Crippen LogP contribution < -0.4 is 5.32 Å². The average molecular weight is 496 g/mol. The minimum atomic E-state index is -0.715. The lowest BCUT2D eigenvalue weighted by Gasteiger charge is -2.25. The molecule has 2 amide bonds. The van der Waals surface area contributed by atoms with Gasteiger partial charge in [-0.3, -0.25) is 19.6 Å². The Balaban J connectivity index is 1.44. The van der Waals surface area contributed by atoms with E-state index >= 15 is 0 Å². The standard InChI is InChI=1S/C26H27F2N5O3/c1-2-20(17-6-5-16(27)12-19(17)28)31-25(34)23-13-18(24-15-36-11-10-32(23)24)26(35)33-9-3-4-22(33)21-14-29-7-8-30-21/h5-8,12-14,20,22H,2-4,9-11,15H2,1H3,(H,31,34). The monoisotopic (exact) mass is 495 g/mol. The van der Waals surface area contributed by atoms with E-state index in [4.69, 9.17) is 4.74 Å². The zero-order valence-electron chi connectivity index (χ0n) is 19.9. The van der Waals surface area contributed by atoms with Gasteiger partial charge in [-0.2, -0.15) is 0 Å². The summed E-state index contributed by atoms with van der Waals surface area (Å²) in [6.45, 7) is 3.42. The predicted molar refractivity (Wildman–Crippen MR) is 126 cm³/mol. The third-order valence-corrected chi connectivity index (χ3v) is 6.86. The van der Waals surface area contributed by atoms with Gasteiger partial charge in [-0.1, -0.05) is 13.0 Å². The highest BCUT2D eigenvalue weighted by atomic mass is 19.1. The molecule has 1 N–H and O–H groups in total. The fourth-order valence-corrected chi connectivity index (χ4v) is 5.07. The number of hydrogen-bond donors (Lipinski definition) is 1. The highest BCUT2D eigenvalue weighted by molar-refractivity contribution is 6.01. The third kappa shape index (κ3) is 4.48. The Morgan fingerprint density at radius 1 is 1.22 bits per heavy atom. The average Bonchev–Trinajstić information content (AvgIpc) is 3.53. The zero-order chi connectivity index (χ0) is 25.2. The second-order valence-corrected chi connectivity index (χ2v) is 8.98. The normalized spacial score (nSPS) is 18.1. The minimum absolute atomic E-state index is 0.186. The Bertz CT molecular complexity index is 1280. The van der Waals surface area contributed by atoms with Crippen molar-refractivity contribution < 1.29 is 23.1 Å². The first-order valence-corrected chi connectivity index (χ1v) is 12.1. The summed E-state index contributed by atoms with van der Waals surface area (Å²) in [6, 6.07) is 4.08. The lowest BCUT2D eigenvalue weighted by Crippen LogP contribution is -2.32. The van der Waals surface area contributed by atoms with Gasteiger partial charge in [0.05, 0.1) is 48.4 Å². The van der Waals surface area contributed by atoms with Crippen molar-refractivity contribution in [3.05, 3.63) is 82.7 Å². The van der Waals surface area contributed by atoms with E-state index in [-0.39, 0.29) is 24.1 Å². The zero-order valence-corrected chi connectivity index (χ0v) is 19.9. The molecule has 1 fully saturated rings. The van der Waals surface area contributed by atoms with Gasteiger partial charge in [-0.15, -0.1) is 0 Å². The van der Waals surface area contributed by atoms with Crippen molar-refractivity contribution in [3.8, 4) is 0 Å². The van der Waals surface area contributed by atoms with Crippen LogP contribution in [0.25, 0.3) is 0 Å². The van der Waals surface area contributed by atoms with Crippen LogP contribution in [0.5, 0.6) is 0 Å². The van der Waals surface area contributed by atoms with E-state index < -0.39 is 23.6 Å². The second kappa shape index (κ2) is 10.1. The Morgan fingerprint density at radius 2 is 2.08 bits per heavy atom. The number of hydrogen-bond acceptors (Lipinski definition) is 5. The van der Waals surface area contributed by atoms with Gasteiger partial charge < -0.3 is 19.5 Å². The molecule has 2 aliphatic rings. The summed E-state index contributed by atoms with van der Waals surface area (Å²) < 4.78 is 35.2. The van der Waals surface area contributed by atoms with E-state index in [1.165, 1.54) is 12.1 Å². The second-order valence-electron chi connectivity index (χ2n) is 8.98. The van der Waals surface area contributed by atoms with Crippen molar-refractivity contribution in [2.45, 2.75) is 51.4 Å². The topological polar surface area (TPSA) is 89.4 Å². The first-order chi connectivity index (χ1) is 17.5. The van der Waals surface area contributed by atoms with E-state index in [1.54, 1.807) is 34.1 Å². The summed E-state index contributed by atoms with van der Waals surface area (Å²) in [7, 11) is 0. The van der Waals surface area contributed by atoms with Gasteiger partial charge in [-0.25, -0.2) is 8.78 Å². The molecule has 2 aliphatic heterocycles. The summed E-state index contributed by atoms with van der Waals surface area (Å²) in [6.07, 6.45) is 6.91. The van der Waals surface area contributed by atoms with Crippen molar-refractivity contribution in [2.24, 2.45) is 0 Å². The number of carbonyl (C=O) groups excluding carboxylic acids is 2. The lowest BCUT2D eigenvalue weighted by atomic mass is 10.0. The highest BCUT2D eigenvalue weighted by Crippen LogP contribution is 2.33. The Hall–Kier alpha value is -3.66. The van der Waals surface area contributed by atoms with Crippen LogP contribution in [0.1, 0.15) is 76.1 Å². The fourth-order valence-electron chi connectivity index (χ4n) is 5.07. The van der Waals surface area contributed by atoms with E-state index in [2.05, 4.69) is 15.3 Å². The molecule has 3 aromatic rings. The molecule has 0 aliphatic carbocycles. The number of nitrogens with zero attached hydrogens (tertiary/aromatic N) is 4. The van der Waals surface area contributed by atoms with Crippen molar-refractivity contribution >= 4 is 11.8 Å². The molecule has 1 saturated heterocycles. The van der Waals surface area contributed by atoms with Crippen molar-refractivity contribution in [1.82, 2.24) is 24.8 Å². The van der Waals surface area contributed by atoms with Crippen LogP contribution in [0.2, 0.25) is 0 Å². The van der Waals surface area contributed by atoms with Crippen LogP contribution in [-0.4, -0.2) is 44.4 Å². The van der Waals surface area contributed by atoms with Gasteiger partial charge in [0.15, 0.2) is 0 Å². The minimum Gasteiger partial charge on any atom is -0.373 e. The largest absolute Gasteiger partial charge is 0.373 e. The van der Waals surface area contributed by atoms with Gasteiger partial charge in [0.2, 0.25) is 0 Å². The predicted octanol–water partition coefficient (Wildman–Crippen LogP) is 3.94. The van der Waals surface area contributed by atoms with Crippen LogP contribution in [0.15, 0.2) is 42.9 Å². The molecule has 5 rings (SSSR count). The number of amides is 2. The fraction of sp³-hybridized carbons (Fsp3) is 0.385. The lowest BCUT2D eigenvalue weighted by molar-refractivity contribution is 0.0686.